The highest BCUT2D eigenvalue weighted by atomic mass is 79.9. The van der Waals surface area contributed by atoms with Gasteiger partial charge in [-0.05, 0) is 38.5 Å². The number of nitrogens with zero attached hydrogens (tertiary/aromatic N) is 1. The van der Waals surface area contributed by atoms with Crippen LogP contribution in [-0.2, 0) is 0 Å². The van der Waals surface area contributed by atoms with Crippen molar-refractivity contribution in [2.24, 2.45) is 0 Å². The molecule has 0 aliphatic rings. The van der Waals surface area contributed by atoms with Crippen LogP contribution < -0.4 is 0 Å². The summed E-state index contributed by atoms with van der Waals surface area (Å²) in [6, 6.07) is 6.39. The molecule has 1 heterocycles. The van der Waals surface area contributed by atoms with E-state index in [0.29, 0.717) is 0 Å². The Balaban J connectivity index is 2.94. The second kappa shape index (κ2) is 3.35. The molecule has 0 radical (unpaired) electrons. The van der Waals surface area contributed by atoms with Gasteiger partial charge < -0.3 is 0 Å². The van der Waals surface area contributed by atoms with Crippen molar-refractivity contribution >= 4 is 26.8 Å². The van der Waals surface area contributed by atoms with E-state index in [1.54, 1.807) is 0 Å². The van der Waals surface area contributed by atoms with E-state index in [0.717, 1.165) is 15.7 Å². The first-order valence-electron chi connectivity index (χ1n) is 4.62. The van der Waals surface area contributed by atoms with Gasteiger partial charge in [0.25, 0.3) is 0 Å². The maximum Gasteiger partial charge on any atom is 0.0745 e. The summed E-state index contributed by atoms with van der Waals surface area (Å²) in [4.78, 5) is 4.55. The Labute approximate surface area is 92.3 Å². The fourth-order valence-electron chi connectivity index (χ4n) is 1.76. The highest BCUT2D eigenvalue weighted by Gasteiger charge is 2.04. The molecule has 0 fully saturated rings. The van der Waals surface area contributed by atoms with Gasteiger partial charge in [0, 0.05) is 15.6 Å². The number of aryl methyl sites for hydroxylation is 3. The summed E-state index contributed by atoms with van der Waals surface area (Å²) < 4.78 is 1.13. The fraction of sp³-hybridized carbons (Fsp3) is 0.250. The molecule has 2 rings (SSSR count). The Kier molecular flexibility index (Phi) is 2.31. The number of fused-ring (bicyclic) bond motifs is 1. The predicted molar refractivity (Wildman–Crippen MR) is 63.7 cm³/mol. The Morgan fingerprint density at radius 3 is 2.50 bits per heavy atom. The Morgan fingerprint density at radius 2 is 1.79 bits per heavy atom. The van der Waals surface area contributed by atoms with Gasteiger partial charge in [0.1, 0.15) is 0 Å². The zero-order valence-corrected chi connectivity index (χ0v) is 10.1. The van der Waals surface area contributed by atoms with Crippen LogP contribution in [0.2, 0.25) is 0 Å². The Hall–Kier alpha value is -0.890. The number of aromatic nitrogens is 1. The highest BCUT2D eigenvalue weighted by molar-refractivity contribution is 9.10. The van der Waals surface area contributed by atoms with Gasteiger partial charge in [-0.3, -0.25) is 4.98 Å². The molecule has 72 valence electrons. The summed E-state index contributed by atoms with van der Waals surface area (Å²) in [7, 11) is 0. The molecular weight excluding hydrogens is 238 g/mol. The minimum atomic E-state index is 1.05. The van der Waals surface area contributed by atoms with E-state index in [9.17, 15) is 0 Å². The number of halogens is 1. The van der Waals surface area contributed by atoms with Crippen molar-refractivity contribution in [3.8, 4) is 0 Å². The van der Waals surface area contributed by atoms with Gasteiger partial charge in [-0.1, -0.05) is 27.6 Å². The summed E-state index contributed by atoms with van der Waals surface area (Å²) in [5.74, 6) is 0. The van der Waals surface area contributed by atoms with Crippen molar-refractivity contribution in [3.63, 3.8) is 0 Å². The molecule has 14 heavy (non-hydrogen) atoms. The molecule has 0 saturated carbocycles. The summed E-state index contributed by atoms with van der Waals surface area (Å²) in [5, 5.41) is 1.20. The minimum Gasteiger partial charge on any atom is -0.253 e. The van der Waals surface area contributed by atoms with E-state index in [1.807, 2.05) is 6.92 Å². The number of hydrogen-bond acceptors (Lipinski definition) is 1. The lowest BCUT2D eigenvalue weighted by Gasteiger charge is -2.06. The normalized spacial score (nSPS) is 10.9. The molecule has 0 amide bonds. The number of benzene rings is 1. The molecule has 1 aromatic carbocycles. The molecule has 0 saturated heterocycles. The monoisotopic (exact) mass is 249 g/mol. The molecular formula is C12H12BrN. The lowest BCUT2D eigenvalue weighted by atomic mass is 10.1. The number of hydrogen-bond donors (Lipinski definition) is 0. The molecule has 2 aromatic rings. The van der Waals surface area contributed by atoms with Crippen LogP contribution >= 0.6 is 15.9 Å². The fourth-order valence-corrected chi connectivity index (χ4v) is 2.39. The van der Waals surface area contributed by atoms with E-state index in [1.165, 1.54) is 16.5 Å². The molecule has 0 aliphatic carbocycles. The molecule has 0 bridgehead atoms. The first-order valence-corrected chi connectivity index (χ1v) is 5.41. The van der Waals surface area contributed by atoms with Crippen molar-refractivity contribution in [3.05, 3.63) is 39.5 Å². The van der Waals surface area contributed by atoms with E-state index in [-0.39, 0.29) is 0 Å². The Morgan fingerprint density at radius 1 is 1.07 bits per heavy atom. The molecule has 0 N–H and O–H groups in total. The molecule has 0 aliphatic heterocycles. The van der Waals surface area contributed by atoms with Crippen molar-refractivity contribution < 1.29 is 0 Å². The van der Waals surface area contributed by atoms with Crippen molar-refractivity contribution in [2.45, 2.75) is 20.8 Å². The summed E-state index contributed by atoms with van der Waals surface area (Å²) in [6.45, 7) is 6.23. The average Bonchev–Trinajstić information content (AvgIpc) is 2.07. The quantitative estimate of drug-likeness (QED) is 0.690. The van der Waals surface area contributed by atoms with Crippen molar-refractivity contribution in [1.82, 2.24) is 4.98 Å². The van der Waals surface area contributed by atoms with Crippen LogP contribution in [0.15, 0.2) is 22.7 Å². The second-order valence-corrected chi connectivity index (χ2v) is 4.58. The van der Waals surface area contributed by atoms with Crippen LogP contribution in [0.25, 0.3) is 10.9 Å². The SMILES string of the molecule is Cc1cc(C)c2nc(C)cc(Br)c2c1. The van der Waals surface area contributed by atoms with Gasteiger partial charge in [0.15, 0.2) is 0 Å². The molecule has 0 unspecified atom stereocenters. The first kappa shape index (κ1) is 9.66. The third-order valence-corrected chi connectivity index (χ3v) is 2.98. The Bertz CT molecular complexity index is 456. The molecule has 1 aromatic heterocycles. The summed E-state index contributed by atoms with van der Waals surface area (Å²) in [6.07, 6.45) is 0. The lowest BCUT2D eigenvalue weighted by Crippen LogP contribution is -1.89. The van der Waals surface area contributed by atoms with Crippen LogP contribution in [-0.4, -0.2) is 4.98 Å². The van der Waals surface area contributed by atoms with Crippen LogP contribution in [0.5, 0.6) is 0 Å². The van der Waals surface area contributed by atoms with E-state index >= 15 is 0 Å². The second-order valence-electron chi connectivity index (χ2n) is 3.72. The van der Waals surface area contributed by atoms with E-state index < -0.39 is 0 Å². The molecule has 2 heteroatoms. The van der Waals surface area contributed by atoms with Gasteiger partial charge in [0.2, 0.25) is 0 Å². The molecule has 0 atom stereocenters. The topological polar surface area (TPSA) is 12.9 Å². The van der Waals surface area contributed by atoms with Gasteiger partial charge >= 0.3 is 0 Å². The zero-order valence-electron chi connectivity index (χ0n) is 8.56. The predicted octanol–water partition coefficient (Wildman–Crippen LogP) is 3.92. The van der Waals surface area contributed by atoms with Gasteiger partial charge in [-0.2, -0.15) is 0 Å². The number of rotatable bonds is 0. The van der Waals surface area contributed by atoms with Gasteiger partial charge in [0.05, 0.1) is 5.52 Å². The summed E-state index contributed by atoms with van der Waals surface area (Å²) >= 11 is 3.58. The largest absolute Gasteiger partial charge is 0.253 e. The smallest absolute Gasteiger partial charge is 0.0745 e. The molecule has 1 nitrogen and oxygen atoms in total. The number of pyridine rings is 1. The van der Waals surface area contributed by atoms with Crippen molar-refractivity contribution in [2.75, 3.05) is 0 Å². The lowest BCUT2D eigenvalue weighted by molar-refractivity contribution is 1.23. The van der Waals surface area contributed by atoms with Gasteiger partial charge in [-0.15, -0.1) is 0 Å². The van der Waals surface area contributed by atoms with Crippen LogP contribution in [0.1, 0.15) is 16.8 Å². The molecule has 0 spiro atoms. The third-order valence-electron chi connectivity index (χ3n) is 2.33. The standard InChI is InChI=1S/C12H12BrN/c1-7-4-8(2)12-10(5-7)11(13)6-9(3)14-12/h4-6H,1-3H3. The van der Waals surface area contributed by atoms with Crippen LogP contribution in [0.4, 0.5) is 0 Å². The average molecular weight is 250 g/mol. The minimum absolute atomic E-state index is 1.05. The summed E-state index contributed by atoms with van der Waals surface area (Å²) in [5.41, 5.74) is 4.67. The third kappa shape index (κ3) is 1.55. The first-order chi connectivity index (χ1) is 6.58. The zero-order chi connectivity index (χ0) is 10.3. The van der Waals surface area contributed by atoms with Crippen LogP contribution in [0, 0.1) is 20.8 Å². The van der Waals surface area contributed by atoms with Crippen molar-refractivity contribution in [1.29, 1.82) is 0 Å². The van der Waals surface area contributed by atoms with Gasteiger partial charge in [-0.25, -0.2) is 0 Å². The van der Waals surface area contributed by atoms with E-state index in [2.05, 4.69) is 53.0 Å². The maximum absolute atomic E-state index is 4.55. The van der Waals surface area contributed by atoms with Crippen LogP contribution in [0.3, 0.4) is 0 Å². The van der Waals surface area contributed by atoms with E-state index in [4.69, 9.17) is 0 Å². The maximum atomic E-state index is 4.55. The highest BCUT2D eigenvalue weighted by Crippen LogP contribution is 2.26.